The lowest BCUT2D eigenvalue weighted by Gasteiger charge is -2.28. The highest BCUT2D eigenvalue weighted by atomic mass is 31.1. The average Bonchev–Trinajstić information content (AvgIpc) is 2.58. The van der Waals surface area contributed by atoms with Gasteiger partial charge in [-0.2, -0.15) is 0 Å². The Hall–Kier alpha value is -0.240. The zero-order valence-electron chi connectivity index (χ0n) is 18.9. The first-order valence-electron chi connectivity index (χ1n) is 11.4. The van der Waals surface area contributed by atoms with Gasteiger partial charge < -0.3 is 4.89 Å². The molecule has 0 saturated carbocycles. The minimum atomic E-state index is -2.38. The lowest BCUT2D eigenvalue weighted by Crippen LogP contribution is -2.44. The van der Waals surface area contributed by atoms with E-state index in [1.54, 1.807) is 0 Å². The van der Waals surface area contributed by atoms with Crippen molar-refractivity contribution >= 4 is 8.03 Å². The van der Waals surface area contributed by atoms with Crippen LogP contribution in [0, 0.1) is 5.92 Å². The summed E-state index contributed by atoms with van der Waals surface area (Å²) in [5.41, 5.74) is 0. The van der Waals surface area contributed by atoms with Crippen LogP contribution in [-0.2, 0) is 4.57 Å². The van der Waals surface area contributed by atoms with Gasteiger partial charge in [-0.1, -0.05) is 101 Å². The lowest BCUT2D eigenvalue weighted by atomic mass is 10.0. The van der Waals surface area contributed by atoms with Crippen LogP contribution in [0.5, 0.6) is 0 Å². The summed E-state index contributed by atoms with van der Waals surface area (Å²) in [6.07, 6.45) is 22.9. The van der Waals surface area contributed by atoms with Gasteiger partial charge in [0.2, 0.25) is 0 Å². The van der Waals surface area contributed by atoms with Crippen LogP contribution in [-0.4, -0.2) is 31.4 Å². The number of quaternary nitrogens is 1. The molecule has 3 unspecified atom stereocenters. The smallest absolute Gasteiger partial charge is 0.373 e. The number of unbranched alkanes of at least 4 members (excludes halogenated alkanes) is 12. The minimum Gasteiger partial charge on any atom is -0.591 e. The van der Waals surface area contributed by atoms with Crippen LogP contribution >= 0.6 is 8.03 Å². The largest absolute Gasteiger partial charge is 0.591 e. The molecule has 0 aromatic rings. The molecule has 3 atom stereocenters. The molecule has 0 rings (SSSR count). The van der Waals surface area contributed by atoms with Gasteiger partial charge in [0.1, 0.15) is 0 Å². The molecule has 4 heteroatoms. The molecule has 0 aromatic heterocycles. The van der Waals surface area contributed by atoms with Crippen molar-refractivity contribution < 1.29 is 13.9 Å². The Balaban J connectivity index is 3.60. The first-order chi connectivity index (χ1) is 12.8. The molecule has 0 aliphatic heterocycles. The van der Waals surface area contributed by atoms with E-state index in [4.69, 9.17) is 0 Å². The maximum Gasteiger partial charge on any atom is 0.373 e. The summed E-state index contributed by atoms with van der Waals surface area (Å²) in [6.45, 7) is 4.40. The Morgan fingerprint density at radius 1 is 0.852 bits per heavy atom. The van der Waals surface area contributed by atoms with E-state index in [0.29, 0.717) is 16.8 Å². The topological polar surface area (TPSA) is 40.1 Å². The molecule has 0 radical (unpaired) electrons. The van der Waals surface area contributed by atoms with E-state index in [1.807, 2.05) is 21.1 Å². The third-order valence-corrected chi connectivity index (χ3v) is 6.80. The molecule has 3 nitrogen and oxygen atoms in total. The Morgan fingerprint density at radius 3 is 1.70 bits per heavy atom. The van der Waals surface area contributed by atoms with E-state index in [0.717, 1.165) is 6.42 Å². The summed E-state index contributed by atoms with van der Waals surface area (Å²) in [6, 6.07) is 0. The molecule has 160 valence electrons. The fourth-order valence-electron chi connectivity index (χ4n) is 3.53. The van der Waals surface area contributed by atoms with Crippen molar-refractivity contribution in [3.05, 3.63) is 12.2 Å². The van der Waals surface area contributed by atoms with Crippen LogP contribution in [0.4, 0.5) is 0 Å². The van der Waals surface area contributed by atoms with Crippen molar-refractivity contribution in [2.45, 2.75) is 110 Å². The Morgan fingerprint density at radius 2 is 1.30 bits per heavy atom. The maximum atomic E-state index is 11.5. The van der Waals surface area contributed by atoms with Crippen LogP contribution < -0.4 is 4.89 Å². The molecule has 0 saturated heterocycles. The maximum absolute atomic E-state index is 11.5. The third kappa shape index (κ3) is 16.4. The van der Waals surface area contributed by atoms with Gasteiger partial charge in [-0.05, 0) is 18.8 Å². The van der Waals surface area contributed by atoms with Gasteiger partial charge in [-0.15, -0.1) is 0 Å². The van der Waals surface area contributed by atoms with E-state index in [9.17, 15) is 9.46 Å². The van der Waals surface area contributed by atoms with Gasteiger partial charge in [0.05, 0.1) is 27.6 Å². The molecular weight excluding hydrogens is 353 g/mol. The van der Waals surface area contributed by atoms with E-state index in [1.165, 1.54) is 77.0 Å². The molecular formula is C23H47NO2P+. The minimum absolute atomic E-state index is 0.300. The molecule has 0 aliphatic carbocycles. The summed E-state index contributed by atoms with van der Waals surface area (Å²) in [5, 5.41) is 0. The van der Waals surface area contributed by atoms with Gasteiger partial charge >= 0.3 is 8.03 Å². The highest BCUT2D eigenvalue weighted by Crippen LogP contribution is 2.30. The predicted octanol–water partition coefficient (Wildman–Crippen LogP) is 6.80. The molecule has 0 N–H and O–H groups in total. The van der Waals surface area contributed by atoms with Crippen molar-refractivity contribution in [1.82, 2.24) is 0 Å². The Labute approximate surface area is 171 Å². The molecule has 0 bridgehead atoms. The summed E-state index contributed by atoms with van der Waals surface area (Å²) in [5.74, 6) is 0.0175. The molecule has 0 aromatic carbocycles. The summed E-state index contributed by atoms with van der Waals surface area (Å²) < 4.78 is 12.0. The van der Waals surface area contributed by atoms with Gasteiger partial charge in [-0.3, -0.25) is 4.48 Å². The molecule has 0 heterocycles. The predicted molar refractivity (Wildman–Crippen MR) is 118 cm³/mol. The second kappa shape index (κ2) is 16.7. The second-order valence-electron chi connectivity index (χ2n) is 9.20. The number of nitrogens with zero attached hydrogens (tertiary/aromatic N) is 1. The second-order valence-corrected chi connectivity index (χ2v) is 10.4. The number of rotatable bonds is 18. The molecule has 0 amide bonds. The molecule has 0 fully saturated rings. The zero-order valence-corrected chi connectivity index (χ0v) is 19.8. The Bertz CT molecular complexity index is 390. The fourth-order valence-corrected chi connectivity index (χ4v) is 4.60. The Kier molecular flexibility index (Phi) is 16.5. The van der Waals surface area contributed by atoms with Crippen LogP contribution in [0.1, 0.15) is 104 Å². The highest BCUT2D eigenvalue weighted by Gasteiger charge is 2.35. The van der Waals surface area contributed by atoms with Gasteiger partial charge in [0.25, 0.3) is 5.78 Å². The standard InChI is InChI=1S/C23H47NO2P/c1-6-7-8-9-10-11-12-13-14-15-16-17-18-19-20-22(2)21-23(27(25)26)24(3,4)5/h19-20,22-23H,6-18,21H2,1-5H3/q+1. The summed E-state index contributed by atoms with van der Waals surface area (Å²) >= 11 is 0. The van der Waals surface area contributed by atoms with Crippen LogP contribution in [0.25, 0.3) is 0 Å². The first-order valence-corrected chi connectivity index (χ1v) is 12.6. The van der Waals surface area contributed by atoms with E-state index in [-0.39, 0.29) is 5.78 Å². The quantitative estimate of drug-likeness (QED) is 0.110. The monoisotopic (exact) mass is 400 g/mol. The summed E-state index contributed by atoms with van der Waals surface area (Å²) in [7, 11) is 3.49. The molecule has 27 heavy (non-hydrogen) atoms. The van der Waals surface area contributed by atoms with Crippen molar-refractivity contribution in [2.75, 3.05) is 21.1 Å². The van der Waals surface area contributed by atoms with Crippen molar-refractivity contribution in [1.29, 1.82) is 0 Å². The molecule has 0 spiro atoms. The normalized spacial score (nSPS) is 15.3. The van der Waals surface area contributed by atoms with Gasteiger partial charge in [0.15, 0.2) is 0 Å². The van der Waals surface area contributed by atoms with Crippen molar-refractivity contribution in [3.63, 3.8) is 0 Å². The first kappa shape index (κ1) is 26.8. The highest BCUT2D eigenvalue weighted by molar-refractivity contribution is 7.37. The van der Waals surface area contributed by atoms with Gasteiger partial charge in [0, 0.05) is 0 Å². The van der Waals surface area contributed by atoms with Crippen LogP contribution in [0.2, 0.25) is 0 Å². The van der Waals surface area contributed by atoms with Crippen LogP contribution in [0.3, 0.4) is 0 Å². The van der Waals surface area contributed by atoms with Crippen LogP contribution in [0.15, 0.2) is 12.2 Å². The van der Waals surface area contributed by atoms with Crippen molar-refractivity contribution in [2.24, 2.45) is 5.92 Å². The zero-order chi connectivity index (χ0) is 20.5. The SMILES string of the molecule is CCCCCCCCCCCCCCC=CC(C)CC([P+](=O)[O-])[N+](C)(C)C. The summed E-state index contributed by atoms with van der Waals surface area (Å²) in [4.78, 5) is 11.5. The van der Waals surface area contributed by atoms with Crippen molar-refractivity contribution in [3.8, 4) is 0 Å². The van der Waals surface area contributed by atoms with E-state index < -0.39 is 8.03 Å². The molecule has 0 aliphatic rings. The van der Waals surface area contributed by atoms with E-state index >= 15 is 0 Å². The fraction of sp³-hybridized carbons (Fsp3) is 0.913. The average molecular weight is 401 g/mol. The number of hydrogen-bond donors (Lipinski definition) is 0. The number of allylic oxidation sites excluding steroid dienone is 2. The number of hydrogen-bond acceptors (Lipinski definition) is 2. The van der Waals surface area contributed by atoms with Gasteiger partial charge in [-0.25, -0.2) is 0 Å². The lowest BCUT2D eigenvalue weighted by molar-refractivity contribution is -0.883. The van der Waals surface area contributed by atoms with E-state index in [2.05, 4.69) is 26.0 Å². The third-order valence-electron chi connectivity index (χ3n) is 5.41.